The van der Waals surface area contributed by atoms with Crippen LogP contribution in [0.3, 0.4) is 0 Å². The van der Waals surface area contributed by atoms with Gasteiger partial charge >= 0.3 is 0 Å². The Morgan fingerprint density at radius 1 is 1.37 bits per heavy atom. The standard InChI is InChI=1S/C12H24N4O2S/c1-10-8-14-16(9-10)12(3)11(2)13-6-5-7-15-19(4,17)18/h8-9,11-13,15H,5-7H2,1-4H3. The van der Waals surface area contributed by atoms with Gasteiger partial charge in [-0.1, -0.05) is 0 Å². The molecule has 0 radical (unpaired) electrons. The van der Waals surface area contributed by atoms with Crippen LogP contribution in [0.5, 0.6) is 0 Å². The zero-order valence-corrected chi connectivity index (χ0v) is 12.9. The monoisotopic (exact) mass is 288 g/mol. The predicted octanol–water partition coefficient (Wildman–Crippen LogP) is 0.670. The zero-order chi connectivity index (χ0) is 14.5. The van der Waals surface area contributed by atoms with E-state index < -0.39 is 10.0 Å². The summed E-state index contributed by atoms with van der Waals surface area (Å²) in [5.74, 6) is 0. The van der Waals surface area contributed by atoms with Gasteiger partial charge in [-0.05, 0) is 39.3 Å². The molecule has 0 aliphatic heterocycles. The number of hydrogen-bond donors (Lipinski definition) is 2. The van der Waals surface area contributed by atoms with E-state index in [9.17, 15) is 8.42 Å². The summed E-state index contributed by atoms with van der Waals surface area (Å²) in [6.45, 7) is 7.47. The Morgan fingerprint density at radius 3 is 2.58 bits per heavy atom. The molecule has 110 valence electrons. The summed E-state index contributed by atoms with van der Waals surface area (Å²) in [5.41, 5.74) is 1.15. The molecule has 1 aromatic rings. The molecule has 2 atom stereocenters. The zero-order valence-electron chi connectivity index (χ0n) is 12.0. The normalized spacial score (nSPS) is 15.4. The van der Waals surface area contributed by atoms with Gasteiger partial charge in [0.1, 0.15) is 0 Å². The summed E-state index contributed by atoms with van der Waals surface area (Å²) in [5, 5.41) is 7.68. The van der Waals surface area contributed by atoms with Crippen LogP contribution >= 0.6 is 0 Å². The van der Waals surface area contributed by atoms with Crippen LogP contribution in [0.25, 0.3) is 0 Å². The maximum absolute atomic E-state index is 10.9. The molecule has 0 saturated carbocycles. The van der Waals surface area contributed by atoms with E-state index in [0.29, 0.717) is 6.54 Å². The second-order valence-corrected chi connectivity index (χ2v) is 6.83. The first-order valence-corrected chi connectivity index (χ1v) is 8.37. The Bertz CT molecular complexity index is 484. The first-order valence-electron chi connectivity index (χ1n) is 6.48. The third-order valence-electron chi connectivity index (χ3n) is 3.06. The molecule has 0 saturated heterocycles. The van der Waals surface area contributed by atoms with Crippen molar-refractivity contribution in [3.8, 4) is 0 Å². The fourth-order valence-electron chi connectivity index (χ4n) is 1.73. The molecule has 0 fully saturated rings. The lowest BCUT2D eigenvalue weighted by molar-refractivity contribution is 0.365. The molecule has 2 N–H and O–H groups in total. The van der Waals surface area contributed by atoms with Gasteiger partial charge < -0.3 is 5.32 Å². The van der Waals surface area contributed by atoms with E-state index in [1.807, 2.05) is 24.0 Å². The Morgan fingerprint density at radius 2 is 2.05 bits per heavy atom. The van der Waals surface area contributed by atoms with Crippen molar-refractivity contribution in [1.29, 1.82) is 0 Å². The lowest BCUT2D eigenvalue weighted by Crippen LogP contribution is -2.36. The quantitative estimate of drug-likeness (QED) is 0.689. The lowest BCUT2D eigenvalue weighted by Gasteiger charge is -2.21. The van der Waals surface area contributed by atoms with E-state index in [1.54, 1.807) is 0 Å². The van der Waals surface area contributed by atoms with Crippen molar-refractivity contribution in [2.75, 3.05) is 19.3 Å². The van der Waals surface area contributed by atoms with Gasteiger partial charge in [-0.25, -0.2) is 13.1 Å². The van der Waals surface area contributed by atoms with Crippen molar-refractivity contribution < 1.29 is 8.42 Å². The van der Waals surface area contributed by atoms with E-state index in [2.05, 4.69) is 29.0 Å². The fraction of sp³-hybridized carbons (Fsp3) is 0.750. The molecule has 1 aromatic heterocycles. The van der Waals surface area contributed by atoms with Crippen LogP contribution < -0.4 is 10.0 Å². The topological polar surface area (TPSA) is 76.0 Å². The molecular weight excluding hydrogens is 264 g/mol. The van der Waals surface area contributed by atoms with E-state index >= 15 is 0 Å². The highest BCUT2D eigenvalue weighted by Crippen LogP contribution is 2.10. The van der Waals surface area contributed by atoms with Crippen molar-refractivity contribution >= 4 is 10.0 Å². The molecule has 19 heavy (non-hydrogen) atoms. The minimum absolute atomic E-state index is 0.261. The van der Waals surface area contributed by atoms with Gasteiger partial charge in [0.15, 0.2) is 0 Å². The molecule has 0 spiro atoms. The third kappa shape index (κ3) is 6.17. The van der Waals surface area contributed by atoms with Gasteiger partial charge in [0.05, 0.1) is 18.5 Å². The molecule has 1 heterocycles. The van der Waals surface area contributed by atoms with Gasteiger partial charge in [0.25, 0.3) is 0 Å². The Kier molecular flexibility index (Phi) is 5.96. The fourth-order valence-corrected chi connectivity index (χ4v) is 2.25. The summed E-state index contributed by atoms with van der Waals surface area (Å²) in [4.78, 5) is 0. The maximum atomic E-state index is 10.9. The molecule has 0 bridgehead atoms. The second-order valence-electron chi connectivity index (χ2n) is 5.00. The molecule has 0 aromatic carbocycles. The highest BCUT2D eigenvalue weighted by Gasteiger charge is 2.13. The summed E-state index contributed by atoms with van der Waals surface area (Å²) >= 11 is 0. The van der Waals surface area contributed by atoms with Crippen molar-refractivity contribution in [3.05, 3.63) is 18.0 Å². The maximum Gasteiger partial charge on any atom is 0.208 e. The molecule has 2 unspecified atom stereocenters. The molecule has 0 amide bonds. The van der Waals surface area contributed by atoms with Crippen LogP contribution in [-0.2, 0) is 10.0 Å². The van der Waals surface area contributed by atoms with Crippen molar-refractivity contribution in [2.24, 2.45) is 0 Å². The van der Waals surface area contributed by atoms with Gasteiger partial charge in [0, 0.05) is 18.8 Å². The Hall–Kier alpha value is -0.920. The van der Waals surface area contributed by atoms with E-state index in [0.717, 1.165) is 18.5 Å². The number of aromatic nitrogens is 2. The highest BCUT2D eigenvalue weighted by molar-refractivity contribution is 7.88. The highest BCUT2D eigenvalue weighted by atomic mass is 32.2. The Labute approximate surface area is 115 Å². The van der Waals surface area contributed by atoms with Crippen molar-refractivity contribution in [1.82, 2.24) is 19.8 Å². The van der Waals surface area contributed by atoms with Gasteiger partial charge in [-0.3, -0.25) is 4.68 Å². The van der Waals surface area contributed by atoms with Crippen LogP contribution in [0.4, 0.5) is 0 Å². The summed E-state index contributed by atoms with van der Waals surface area (Å²) in [6, 6.07) is 0.536. The van der Waals surface area contributed by atoms with Crippen LogP contribution in [-0.4, -0.2) is 43.6 Å². The lowest BCUT2D eigenvalue weighted by atomic mass is 10.1. The second kappa shape index (κ2) is 7.02. The molecule has 7 heteroatoms. The van der Waals surface area contributed by atoms with Gasteiger partial charge in [-0.2, -0.15) is 5.10 Å². The number of sulfonamides is 1. The molecular formula is C12H24N4O2S. The van der Waals surface area contributed by atoms with E-state index in [1.165, 1.54) is 6.26 Å². The predicted molar refractivity (Wildman–Crippen MR) is 76.6 cm³/mol. The number of hydrogen-bond acceptors (Lipinski definition) is 4. The SMILES string of the molecule is Cc1cnn(C(C)C(C)NCCCNS(C)(=O)=O)c1. The number of aryl methyl sites for hydroxylation is 1. The minimum atomic E-state index is -3.07. The molecule has 1 rings (SSSR count). The summed E-state index contributed by atoms with van der Waals surface area (Å²) < 4.78 is 26.2. The number of nitrogens with zero attached hydrogens (tertiary/aromatic N) is 2. The van der Waals surface area contributed by atoms with Crippen LogP contribution in [0.15, 0.2) is 12.4 Å². The smallest absolute Gasteiger partial charge is 0.208 e. The minimum Gasteiger partial charge on any atom is -0.312 e. The van der Waals surface area contributed by atoms with Crippen molar-refractivity contribution in [3.63, 3.8) is 0 Å². The van der Waals surface area contributed by atoms with Gasteiger partial charge in [0.2, 0.25) is 10.0 Å². The summed E-state index contributed by atoms with van der Waals surface area (Å²) in [7, 11) is -3.07. The van der Waals surface area contributed by atoms with E-state index in [-0.39, 0.29) is 12.1 Å². The van der Waals surface area contributed by atoms with E-state index in [4.69, 9.17) is 0 Å². The average molecular weight is 288 g/mol. The molecule has 0 aliphatic carbocycles. The number of rotatable bonds is 8. The third-order valence-corrected chi connectivity index (χ3v) is 3.78. The number of nitrogens with one attached hydrogen (secondary N) is 2. The average Bonchev–Trinajstić information content (AvgIpc) is 2.72. The summed E-state index contributed by atoms with van der Waals surface area (Å²) in [6.07, 6.45) is 5.81. The molecule has 6 nitrogen and oxygen atoms in total. The first-order chi connectivity index (χ1) is 8.79. The van der Waals surface area contributed by atoms with Crippen LogP contribution in [0, 0.1) is 6.92 Å². The van der Waals surface area contributed by atoms with Crippen molar-refractivity contribution in [2.45, 2.75) is 39.3 Å². The van der Waals surface area contributed by atoms with Crippen LogP contribution in [0.1, 0.15) is 31.9 Å². The molecule has 0 aliphatic rings. The first kappa shape index (κ1) is 16.1. The van der Waals surface area contributed by atoms with Crippen LogP contribution in [0.2, 0.25) is 0 Å². The Balaban J connectivity index is 2.26. The van der Waals surface area contributed by atoms with Gasteiger partial charge in [-0.15, -0.1) is 0 Å². The largest absolute Gasteiger partial charge is 0.312 e.